The van der Waals surface area contributed by atoms with Crippen molar-refractivity contribution in [2.24, 2.45) is 4.36 Å². The van der Waals surface area contributed by atoms with Gasteiger partial charge >= 0.3 is 0 Å². The molecule has 3 heterocycles. The highest BCUT2D eigenvalue weighted by atomic mass is 32.2. The maximum Gasteiger partial charge on any atom is 0.229 e. The average molecular weight is 489 g/mol. The van der Waals surface area contributed by atoms with Crippen molar-refractivity contribution in [3.8, 4) is 6.07 Å². The molecule has 0 saturated carbocycles. The van der Waals surface area contributed by atoms with Crippen molar-refractivity contribution < 1.29 is 4.21 Å². The SMILES string of the molecule is CN1Cc2cc(Nc3ncc(C#N)c(Nc4ccnc(N=S(C)(C)=O)c4)n3)cc3c2C(CCC3)C1. The Kier molecular flexibility index (Phi) is 6.13. The zero-order valence-electron chi connectivity index (χ0n) is 20.1. The third-order valence-electron chi connectivity index (χ3n) is 6.22. The van der Waals surface area contributed by atoms with Gasteiger partial charge in [0.15, 0.2) is 11.6 Å². The second kappa shape index (κ2) is 9.24. The van der Waals surface area contributed by atoms with E-state index in [0.717, 1.165) is 25.2 Å². The lowest BCUT2D eigenvalue weighted by Crippen LogP contribution is -2.33. The summed E-state index contributed by atoms with van der Waals surface area (Å²) < 4.78 is 16.2. The first-order valence-corrected chi connectivity index (χ1v) is 13.9. The number of rotatable bonds is 5. The molecule has 1 aromatic carbocycles. The minimum atomic E-state index is -2.34. The van der Waals surface area contributed by atoms with E-state index >= 15 is 0 Å². The van der Waals surface area contributed by atoms with E-state index in [0.29, 0.717) is 34.8 Å². The fourth-order valence-electron chi connectivity index (χ4n) is 4.97. The monoisotopic (exact) mass is 488 g/mol. The van der Waals surface area contributed by atoms with Crippen LogP contribution >= 0.6 is 0 Å². The first-order chi connectivity index (χ1) is 16.8. The molecule has 0 saturated heterocycles. The topological polar surface area (TPSA) is 119 Å². The number of nitrogens with one attached hydrogen (secondary N) is 2. The van der Waals surface area contributed by atoms with E-state index < -0.39 is 9.73 Å². The van der Waals surface area contributed by atoms with Crippen LogP contribution in [0.15, 0.2) is 41.0 Å². The van der Waals surface area contributed by atoms with Gasteiger partial charge in [0.2, 0.25) is 5.95 Å². The van der Waals surface area contributed by atoms with E-state index in [-0.39, 0.29) is 0 Å². The number of nitrogens with zero attached hydrogens (tertiary/aromatic N) is 6. The van der Waals surface area contributed by atoms with Gasteiger partial charge in [0.05, 0.1) is 6.20 Å². The Bertz CT molecular complexity index is 1450. The van der Waals surface area contributed by atoms with Gasteiger partial charge in [-0.15, -0.1) is 0 Å². The number of aryl methyl sites for hydroxylation is 1. The van der Waals surface area contributed by atoms with Gasteiger partial charge in [0.1, 0.15) is 11.6 Å². The van der Waals surface area contributed by atoms with E-state index in [4.69, 9.17) is 0 Å². The lowest BCUT2D eigenvalue weighted by atomic mass is 9.77. The Morgan fingerprint density at radius 2 is 2.00 bits per heavy atom. The molecule has 1 aliphatic carbocycles. The smallest absolute Gasteiger partial charge is 0.229 e. The van der Waals surface area contributed by atoms with Gasteiger partial charge in [-0.05, 0) is 67.1 Å². The van der Waals surface area contributed by atoms with Crippen LogP contribution in [0.1, 0.15) is 41.0 Å². The molecule has 2 aliphatic rings. The highest BCUT2D eigenvalue weighted by Gasteiger charge is 2.29. The number of aromatic nitrogens is 3. The number of anilines is 4. The van der Waals surface area contributed by atoms with Crippen molar-refractivity contribution in [3.63, 3.8) is 0 Å². The molecule has 2 N–H and O–H groups in total. The van der Waals surface area contributed by atoms with Crippen LogP contribution in [0.2, 0.25) is 0 Å². The molecule has 3 aromatic rings. The first-order valence-electron chi connectivity index (χ1n) is 11.6. The van der Waals surface area contributed by atoms with E-state index in [1.807, 2.05) is 0 Å². The summed E-state index contributed by atoms with van der Waals surface area (Å²) in [6.07, 6.45) is 9.74. The third kappa shape index (κ3) is 5.26. The van der Waals surface area contributed by atoms with Gasteiger partial charge in [-0.2, -0.15) is 14.6 Å². The zero-order chi connectivity index (χ0) is 24.6. The van der Waals surface area contributed by atoms with Crippen LogP contribution in [0.25, 0.3) is 0 Å². The molecule has 0 bridgehead atoms. The van der Waals surface area contributed by atoms with Crippen molar-refractivity contribution in [2.75, 3.05) is 36.7 Å². The van der Waals surface area contributed by atoms with Crippen LogP contribution in [0.3, 0.4) is 0 Å². The molecular formula is C25H28N8OS. The summed E-state index contributed by atoms with van der Waals surface area (Å²) in [5.74, 6) is 1.74. The standard InChI is InChI=1S/C25H28N8OS/c1-33-14-17-6-4-5-16-9-21(10-18(15-33)23(16)17)30-25-28-13-19(12-26)24(31-25)29-20-7-8-27-22(11-20)32-35(2,3)34/h7-11,13,17H,4-6,14-15H2,1-3H3,(H2,27,28,29,30,31). The Labute approximate surface area is 205 Å². The highest BCUT2D eigenvalue weighted by Crippen LogP contribution is 2.40. The molecule has 10 heteroatoms. The van der Waals surface area contributed by atoms with Crippen molar-refractivity contribution >= 4 is 38.7 Å². The quantitative estimate of drug-likeness (QED) is 0.540. The fraction of sp³-hybridized carbons (Fsp3) is 0.360. The van der Waals surface area contributed by atoms with Crippen LogP contribution in [0, 0.1) is 11.3 Å². The molecule has 0 spiro atoms. The van der Waals surface area contributed by atoms with Crippen LogP contribution in [-0.4, -0.2) is 50.2 Å². The van der Waals surface area contributed by atoms with Crippen LogP contribution in [-0.2, 0) is 22.7 Å². The highest BCUT2D eigenvalue weighted by molar-refractivity contribution is 7.92. The van der Waals surface area contributed by atoms with Crippen molar-refractivity contribution in [2.45, 2.75) is 31.7 Å². The molecule has 35 heavy (non-hydrogen) atoms. The molecule has 1 unspecified atom stereocenters. The Morgan fingerprint density at radius 1 is 1.17 bits per heavy atom. The summed E-state index contributed by atoms with van der Waals surface area (Å²) in [7, 11) is -0.166. The predicted molar refractivity (Wildman–Crippen MR) is 138 cm³/mol. The molecule has 2 aromatic heterocycles. The van der Waals surface area contributed by atoms with Crippen molar-refractivity contribution in [3.05, 3.63) is 58.9 Å². The van der Waals surface area contributed by atoms with Crippen LogP contribution < -0.4 is 10.6 Å². The molecule has 0 fully saturated rings. The van der Waals surface area contributed by atoms with Gasteiger partial charge in [0, 0.05) is 59.0 Å². The van der Waals surface area contributed by atoms with Crippen molar-refractivity contribution in [1.29, 1.82) is 5.26 Å². The Hall–Kier alpha value is -3.55. The molecule has 0 amide bonds. The summed E-state index contributed by atoms with van der Waals surface area (Å²) in [5, 5.41) is 16.1. The van der Waals surface area contributed by atoms with Gasteiger partial charge in [-0.3, -0.25) is 0 Å². The summed E-state index contributed by atoms with van der Waals surface area (Å²) in [5.41, 5.74) is 6.22. The van der Waals surface area contributed by atoms with Gasteiger partial charge < -0.3 is 15.5 Å². The number of pyridine rings is 1. The summed E-state index contributed by atoms with van der Waals surface area (Å²) in [4.78, 5) is 15.5. The molecule has 1 aliphatic heterocycles. The number of hydrogen-bond acceptors (Lipinski definition) is 9. The number of nitriles is 1. The third-order valence-corrected chi connectivity index (χ3v) is 6.84. The van der Waals surface area contributed by atoms with Crippen LogP contribution in [0.4, 0.5) is 29.0 Å². The second-order valence-electron chi connectivity index (χ2n) is 9.49. The predicted octanol–water partition coefficient (Wildman–Crippen LogP) is 4.45. The Morgan fingerprint density at radius 3 is 2.80 bits per heavy atom. The lowest BCUT2D eigenvalue weighted by molar-refractivity contribution is 0.266. The van der Waals surface area contributed by atoms with Gasteiger partial charge in [-0.1, -0.05) is 0 Å². The molecule has 5 rings (SSSR count). The van der Waals surface area contributed by atoms with Crippen molar-refractivity contribution in [1.82, 2.24) is 19.9 Å². The summed E-state index contributed by atoms with van der Waals surface area (Å²) in [6.45, 7) is 2.06. The molecule has 0 radical (unpaired) electrons. The largest absolute Gasteiger partial charge is 0.339 e. The maximum absolute atomic E-state index is 12.0. The molecular weight excluding hydrogens is 460 g/mol. The van der Waals surface area contributed by atoms with Crippen LogP contribution in [0.5, 0.6) is 0 Å². The van der Waals surface area contributed by atoms with E-state index in [9.17, 15) is 9.47 Å². The summed E-state index contributed by atoms with van der Waals surface area (Å²) in [6, 6.07) is 9.96. The fourth-order valence-corrected chi connectivity index (χ4v) is 5.52. The summed E-state index contributed by atoms with van der Waals surface area (Å²) >= 11 is 0. The van der Waals surface area contributed by atoms with E-state index in [1.54, 1.807) is 30.8 Å². The molecule has 180 valence electrons. The first kappa shape index (κ1) is 23.2. The minimum Gasteiger partial charge on any atom is -0.339 e. The number of benzene rings is 1. The zero-order valence-corrected chi connectivity index (χ0v) is 20.9. The number of hydrogen-bond donors (Lipinski definition) is 2. The van der Waals surface area contributed by atoms with E-state index in [1.165, 1.54) is 35.7 Å². The molecule has 1 atom stereocenters. The maximum atomic E-state index is 12.0. The second-order valence-corrected chi connectivity index (χ2v) is 12.0. The van der Waals surface area contributed by atoms with Gasteiger partial charge in [-0.25, -0.2) is 14.2 Å². The minimum absolute atomic E-state index is 0.311. The van der Waals surface area contributed by atoms with E-state index in [2.05, 4.69) is 60.1 Å². The normalized spacial score (nSPS) is 17.3. The molecule has 9 nitrogen and oxygen atoms in total. The Balaban J connectivity index is 1.44. The van der Waals surface area contributed by atoms with Gasteiger partial charge in [0.25, 0.3) is 0 Å². The number of likely N-dealkylation sites (N-methyl/N-ethyl adjacent to an activating group) is 1. The lowest BCUT2D eigenvalue weighted by Gasteiger charge is -2.37. The average Bonchev–Trinajstić information content (AvgIpc) is 2.78.